The maximum Gasteiger partial charge on any atom is 0.258 e. The third-order valence-electron chi connectivity index (χ3n) is 3.73. The first-order chi connectivity index (χ1) is 8.89. The Labute approximate surface area is 117 Å². The number of halogens is 1. The molecule has 0 saturated heterocycles. The van der Waals surface area contributed by atoms with Crippen molar-refractivity contribution in [3.63, 3.8) is 0 Å². The number of aliphatic hydroxyl groups is 1. The van der Waals surface area contributed by atoms with Crippen LogP contribution in [0.4, 0.5) is 0 Å². The Bertz CT molecular complexity index is 458. The van der Waals surface area contributed by atoms with Gasteiger partial charge in [-0.25, -0.2) is 0 Å². The zero-order valence-electron chi connectivity index (χ0n) is 11.0. The van der Waals surface area contributed by atoms with Crippen LogP contribution in [0, 0.1) is 5.41 Å². The van der Waals surface area contributed by atoms with Crippen molar-refractivity contribution in [2.45, 2.75) is 32.4 Å². The largest absolute Gasteiger partial charge is 0.484 e. The Morgan fingerprint density at radius 3 is 2.63 bits per heavy atom. The van der Waals surface area contributed by atoms with E-state index in [0.29, 0.717) is 17.2 Å². The fraction of sp³-hybridized carbons (Fsp3) is 0.500. The standard InChI is InChI=1S/C14H18ClNO3/c1-14(2)11(7-12(14)17)16-13(18)8-19-10-5-3-9(15)4-6-10/h3-6,11-12,17H,7-8H2,1-2H3,(H,16,18). The molecule has 0 radical (unpaired) electrons. The monoisotopic (exact) mass is 283 g/mol. The van der Waals surface area contributed by atoms with Gasteiger partial charge in [-0.1, -0.05) is 25.4 Å². The number of carbonyl (C=O) groups is 1. The Balaban J connectivity index is 1.78. The fourth-order valence-corrected chi connectivity index (χ4v) is 2.19. The van der Waals surface area contributed by atoms with Crippen molar-refractivity contribution in [1.82, 2.24) is 5.32 Å². The van der Waals surface area contributed by atoms with Crippen LogP contribution in [0.25, 0.3) is 0 Å². The molecule has 2 rings (SSSR count). The third kappa shape index (κ3) is 3.19. The van der Waals surface area contributed by atoms with E-state index in [1.165, 1.54) is 0 Å². The van der Waals surface area contributed by atoms with Crippen LogP contribution in [-0.4, -0.2) is 29.8 Å². The highest BCUT2D eigenvalue weighted by molar-refractivity contribution is 6.30. The summed E-state index contributed by atoms with van der Waals surface area (Å²) in [4.78, 5) is 11.7. The number of benzene rings is 1. The topological polar surface area (TPSA) is 58.6 Å². The van der Waals surface area contributed by atoms with E-state index in [-0.39, 0.29) is 30.1 Å². The van der Waals surface area contributed by atoms with Crippen molar-refractivity contribution in [2.75, 3.05) is 6.61 Å². The van der Waals surface area contributed by atoms with E-state index in [1.807, 2.05) is 13.8 Å². The molecule has 104 valence electrons. The number of ether oxygens (including phenoxy) is 1. The van der Waals surface area contributed by atoms with Gasteiger partial charge in [-0.05, 0) is 30.7 Å². The summed E-state index contributed by atoms with van der Waals surface area (Å²) in [6, 6.07) is 6.85. The first kappa shape index (κ1) is 14.2. The molecular weight excluding hydrogens is 266 g/mol. The van der Waals surface area contributed by atoms with Crippen molar-refractivity contribution in [1.29, 1.82) is 0 Å². The van der Waals surface area contributed by atoms with Crippen LogP contribution in [0.3, 0.4) is 0 Å². The van der Waals surface area contributed by atoms with Crippen molar-refractivity contribution in [2.24, 2.45) is 5.41 Å². The summed E-state index contributed by atoms with van der Waals surface area (Å²) in [6.07, 6.45) is 0.245. The van der Waals surface area contributed by atoms with Crippen LogP contribution in [0.1, 0.15) is 20.3 Å². The predicted molar refractivity (Wildman–Crippen MR) is 73.3 cm³/mol. The summed E-state index contributed by atoms with van der Waals surface area (Å²) in [6.45, 7) is 3.84. The predicted octanol–water partition coefficient (Wildman–Crippen LogP) is 1.99. The van der Waals surface area contributed by atoms with Crippen LogP contribution in [0.5, 0.6) is 5.75 Å². The lowest BCUT2D eigenvalue weighted by Crippen LogP contribution is -2.61. The Kier molecular flexibility index (Phi) is 4.02. The van der Waals surface area contributed by atoms with Crippen molar-refractivity contribution in [3.05, 3.63) is 29.3 Å². The molecule has 1 fully saturated rings. The maximum atomic E-state index is 11.7. The number of aliphatic hydroxyl groups excluding tert-OH is 1. The summed E-state index contributed by atoms with van der Waals surface area (Å²) in [7, 11) is 0. The summed E-state index contributed by atoms with van der Waals surface area (Å²) in [5.74, 6) is 0.423. The van der Waals surface area contributed by atoms with Gasteiger partial charge in [0.1, 0.15) is 5.75 Å². The van der Waals surface area contributed by atoms with Crippen LogP contribution in [-0.2, 0) is 4.79 Å². The molecule has 5 heteroatoms. The second kappa shape index (κ2) is 5.39. The van der Waals surface area contributed by atoms with Crippen LogP contribution in [0.15, 0.2) is 24.3 Å². The average Bonchev–Trinajstić information content (AvgIpc) is 2.38. The lowest BCUT2D eigenvalue weighted by molar-refractivity contribution is -0.131. The molecular formula is C14H18ClNO3. The first-order valence-electron chi connectivity index (χ1n) is 6.25. The van der Waals surface area contributed by atoms with Gasteiger partial charge >= 0.3 is 0 Å². The minimum absolute atomic E-state index is 0.00354. The lowest BCUT2D eigenvalue weighted by Gasteiger charge is -2.49. The molecule has 1 amide bonds. The quantitative estimate of drug-likeness (QED) is 0.888. The van der Waals surface area contributed by atoms with E-state index < -0.39 is 0 Å². The zero-order valence-corrected chi connectivity index (χ0v) is 11.8. The Morgan fingerprint density at radius 1 is 1.47 bits per heavy atom. The molecule has 0 bridgehead atoms. The lowest BCUT2D eigenvalue weighted by atomic mass is 9.64. The van der Waals surface area contributed by atoms with E-state index in [2.05, 4.69) is 5.32 Å². The second-order valence-corrected chi connectivity index (χ2v) is 5.87. The molecule has 1 aliphatic carbocycles. The second-order valence-electron chi connectivity index (χ2n) is 5.44. The van der Waals surface area contributed by atoms with E-state index in [0.717, 1.165) is 0 Å². The summed E-state index contributed by atoms with van der Waals surface area (Å²) in [5.41, 5.74) is -0.268. The number of rotatable bonds is 4. The molecule has 0 aromatic heterocycles. The van der Waals surface area contributed by atoms with Gasteiger partial charge in [0.25, 0.3) is 5.91 Å². The van der Waals surface area contributed by atoms with Gasteiger partial charge in [0.05, 0.1) is 6.10 Å². The van der Waals surface area contributed by atoms with Crippen LogP contribution < -0.4 is 10.1 Å². The molecule has 2 atom stereocenters. The molecule has 1 saturated carbocycles. The number of nitrogens with one attached hydrogen (secondary N) is 1. The average molecular weight is 284 g/mol. The molecule has 2 N–H and O–H groups in total. The van der Waals surface area contributed by atoms with Crippen molar-refractivity contribution in [3.8, 4) is 5.75 Å². The summed E-state index contributed by atoms with van der Waals surface area (Å²) in [5, 5.41) is 13.1. The molecule has 0 heterocycles. The summed E-state index contributed by atoms with van der Waals surface area (Å²) >= 11 is 5.76. The SMILES string of the molecule is CC1(C)C(O)CC1NC(=O)COc1ccc(Cl)cc1. The molecule has 2 unspecified atom stereocenters. The van der Waals surface area contributed by atoms with E-state index in [9.17, 15) is 9.90 Å². The first-order valence-corrected chi connectivity index (χ1v) is 6.63. The van der Waals surface area contributed by atoms with Crippen molar-refractivity contribution < 1.29 is 14.6 Å². The highest BCUT2D eigenvalue weighted by Gasteiger charge is 2.47. The highest BCUT2D eigenvalue weighted by atomic mass is 35.5. The van der Waals surface area contributed by atoms with Crippen LogP contribution in [0.2, 0.25) is 5.02 Å². The van der Waals surface area contributed by atoms with E-state index in [4.69, 9.17) is 16.3 Å². The van der Waals surface area contributed by atoms with Gasteiger partial charge in [0, 0.05) is 16.5 Å². The Hall–Kier alpha value is -1.26. The minimum Gasteiger partial charge on any atom is -0.484 e. The van der Waals surface area contributed by atoms with Gasteiger partial charge in [-0.2, -0.15) is 0 Å². The van der Waals surface area contributed by atoms with E-state index >= 15 is 0 Å². The molecule has 19 heavy (non-hydrogen) atoms. The number of hydrogen-bond acceptors (Lipinski definition) is 3. The molecule has 1 aliphatic rings. The maximum absolute atomic E-state index is 11.7. The van der Waals surface area contributed by atoms with Gasteiger partial charge < -0.3 is 15.2 Å². The number of carbonyl (C=O) groups excluding carboxylic acids is 1. The van der Waals surface area contributed by atoms with Crippen LogP contribution >= 0.6 is 11.6 Å². The zero-order chi connectivity index (χ0) is 14.0. The highest BCUT2D eigenvalue weighted by Crippen LogP contribution is 2.40. The van der Waals surface area contributed by atoms with Gasteiger partial charge in [-0.15, -0.1) is 0 Å². The van der Waals surface area contributed by atoms with Crippen molar-refractivity contribution >= 4 is 17.5 Å². The molecule has 4 nitrogen and oxygen atoms in total. The molecule has 1 aromatic carbocycles. The summed E-state index contributed by atoms with van der Waals surface area (Å²) < 4.78 is 5.35. The molecule has 0 spiro atoms. The number of hydrogen-bond donors (Lipinski definition) is 2. The van der Waals surface area contributed by atoms with Gasteiger partial charge in [0.2, 0.25) is 0 Å². The molecule has 0 aliphatic heterocycles. The van der Waals surface area contributed by atoms with Gasteiger partial charge in [0.15, 0.2) is 6.61 Å². The minimum atomic E-state index is -0.352. The third-order valence-corrected chi connectivity index (χ3v) is 3.99. The normalized spacial score (nSPS) is 24.4. The Morgan fingerprint density at radius 2 is 2.11 bits per heavy atom. The fourth-order valence-electron chi connectivity index (χ4n) is 2.06. The van der Waals surface area contributed by atoms with Gasteiger partial charge in [-0.3, -0.25) is 4.79 Å². The van der Waals surface area contributed by atoms with E-state index in [1.54, 1.807) is 24.3 Å². The smallest absolute Gasteiger partial charge is 0.258 e. The number of amides is 1. The molecule has 1 aromatic rings.